The summed E-state index contributed by atoms with van der Waals surface area (Å²) in [5.41, 5.74) is 1.64. The van der Waals surface area contributed by atoms with Crippen molar-refractivity contribution in [3.8, 4) is 5.75 Å². The molecule has 0 spiro atoms. The smallest absolute Gasteiger partial charge is 0.119 e. The van der Waals surface area contributed by atoms with Gasteiger partial charge >= 0.3 is 0 Å². The molecular weight excluding hydrogens is 258 g/mol. The Hall–Kier alpha value is -1.02. The van der Waals surface area contributed by atoms with E-state index in [1.807, 2.05) is 0 Å². The van der Waals surface area contributed by atoms with Gasteiger partial charge in [-0.3, -0.25) is 4.90 Å². The molecule has 0 aliphatic carbocycles. The first kappa shape index (κ1) is 16.4. The van der Waals surface area contributed by atoms with Gasteiger partial charge in [-0.05, 0) is 62.4 Å². The lowest BCUT2D eigenvalue weighted by Crippen LogP contribution is -2.40. The van der Waals surface area contributed by atoms with E-state index in [0.29, 0.717) is 6.04 Å². The second kappa shape index (κ2) is 7.31. The van der Waals surface area contributed by atoms with Crippen molar-refractivity contribution in [3.05, 3.63) is 29.8 Å². The summed E-state index contributed by atoms with van der Waals surface area (Å²) in [6, 6.07) is 9.18. The molecule has 1 unspecified atom stereocenters. The first-order chi connectivity index (χ1) is 10.0. The van der Waals surface area contributed by atoms with Crippen LogP contribution in [0.1, 0.15) is 58.9 Å². The van der Waals surface area contributed by atoms with E-state index in [9.17, 15) is 0 Å². The Labute approximate surface area is 130 Å². The summed E-state index contributed by atoms with van der Waals surface area (Å²) in [5, 5.41) is 0. The number of nitrogens with zero attached hydrogens (tertiary/aromatic N) is 1. The number of likely N-dealkylation sites (tertiary alicyclic amines) is 1. The fourth-order valence-corrected chi connectivity index (χ4v) is 2.89. The summed E-state index contributed by atoms with van der Waals surface area (Å²) in [4.78, 5) is 2.55. The molecule has 2 nitrogen and oxygen atoms in total. The van der Waals surface area contributed by atoms with Gasteiger partial charge < -0.3 is 4.74 Å². The molecule has 1 fully saturated rings. The molecule has 1 saturated heterocycles. The number of hydrogen-bond acceptors (Lipinski definition) is 2. The van der Waals surface area contributed by atoms with Crippen LogP contribution in [0.4, 0.5) is 0 Å². The van der Waals surface area contributed by atoms with Crippen molar-refractivity contribution < 1.29 is 4.74 Å². The van der Waals surface area contributed by atoms with Crippen molar-refractivity contribution in [1.29, 1.82) is 0 Å². The third-order valence-corrected chi connectivity index (χ3v) is 5.02. The molecule has 0 N–H and O–H groups in total. The average molecular weight is 289 g/mol. The Morgan fingerprint density at radius 3 is 2.29 bits per heavy atom. The topological polar surface area (TPSA) is 12.5 Å². The molecule has 1 aromatic rings. The van der Waals surface area contributed by atoms with Crippen molar-refractivity contribution in [1.82, 2.24) is 4.90 Å². The molecule has 0 radical (unpaired) electrons. The standard InChI is InChI=1S/C19H31NO/c1-5-19(3,4)17-9-11-18(12-10-17)21-15-16(2)20-13-7-6-8-14-20/h9-12,16H,5-8,13-15H2,1-4H3. The normalized spacial score (nSPS) is 18.5. The zero-order valence-corrected chi connectivity index (χ0v) is 14.2. The van der Waals surface area contributed by atoms with E-state index in [1.54, 1.807) is 0 Å². The van der Waals surface area contributed by atoms with Crippen LogP contribution in [-0.2, 0) is 5.41 Å². The first-order valence-electron chi connectivity index (χ1n) is 8.50. The van der Waals surface area contributed by atoms with Crippen LogP contribution in [0.3, 0.4) is 0 Å². The molecule has 0 bridgehead atoms. The summed E-state index contributed by atoms with van der Waals surface area (Å²) in [5.74, 6) is 0.995. The third kappa shape index (κ3) is 4.47. The fourth-order valence-electron chi connectivity index (χ4n) is 2.89. The monoisotopic (exact) mass is 289 g/mol. The molecule has 0 aromatic heterocycles. The van der Waals surface area contributed by atoms with E-state index in [1.165, 1.54) is 37.9 Å². The minimum absolute atomic E-state index is 0.250. The van der Waals surface area contributed by atoms with Gasteiger partial charge in [-0.2, -0.15) is 0 Å². The largest absolute Gasteiger partial charge is 0.492 e. The molecule has 2 rings (SSSR count). The van der Waals surface area contributed by atoms with Crippen LogP contribution in [0.5, 0.6) is 5.75 Å². The zero-order valence-electron chi connectivity index (χ0n) is 14.2. The van der Waals surface area contributed by atoms with E-state index in [0.717, 1.165) is 18.8 Å². The highest BCUT2D eigenvalue weighted by atomic mass is 16.5. The van der Waals surface area contributed by atoms with Gasteiger partial charge in [0.25, 0.3) is 0 Å². The van der Waals surface area contributed by atoms with E-state index in [2.05, 4.69) is 56.9 Å². The number of benzene rings is 1. The van der Waals surface area contributed by atoms with Crippen molar-refractivity contribution >= 4 is 0 Å². The zero-order chi connectivity index (χ0) is 15.3. The van der Waals surface area contributed by atoms with Crippen LogP contribution >= 0.6 is 0 Å². The Balaban J connectivity index is 1.86. The maximum atomic E-state index is 5.98. The molecular formula is C19H31NO. The minimum atomic E-state index is 0.250. The molecule has 0 amide bonds. The van der Waals surface area contributed by atoms with Gasteiger partial charge in [0, 0.05) is 6.04 Å². The molecule has 118 valence electrons. The highest BCUT2D eigenvalue weighted by Crippen LogP contribution is 2.28. The van der Waals surface area contributed by atoms with Gasteiger partial charge in [-0.1, -0.05) is 39.3 Å². The van der Waals surface area contributed by atoms with Crippen LogP contribution in [0.2, 0.25) is 0 Å². The van der Waals surface area contributed by atoms with Gasteiger partial charge in [-0.25, -0.2) is 0 Å². The highest BCUT2D eigenvalue weighted by Gasteiger charge is 2.19. The average Bonchev–Trinajstić information content (AvgIpc) is 2.54. The van der Waals surface area contributed by atoms with Crippen molar-refractivity contribution in [2.24, 2.45) is 0 Å². The van der Waals surface area contributed by atoms with Crippen LogP contribution < -0.4 is 4.74 Å². The van der Waals surface area contributed by atoms with Crippen molar-refractivity contribution in [2.45, 2.75) is 64.8 Å². The second-order valence-corrected chi connectivity index (χ2v) is 7.02. The molecule has 1 aliphatic rings. The van der Waals surface area contributed by atoms with Gasteiger partial charge in [-0.15, -0.1) is 0 Å². The first-order valence-corrected chi connectivity index (χ1v) is 8.50. The fraction of sp³-hybridized carbons (Fsp3) is 0.684. The lowest BCUT2D eigenvalue weighted by Gasteiger charge is -2.32. The second-order valence-electron chi connectivity index (χ2n) is 7.02. The number of rotatable bonds is 6. The molecule has 0 saturated carbocycles. The maximum absolute atomic E-state index is 5.98. The molecule has 1 heterocycles. The maximum Gasteiger partial charge on any atom is 0.119 e. The number of ether oxygens (including phenoxy) is 1. The predicted molar refractivity (Wildman–Crippen MR) is 90.1 cm³/mol. The van der Waals surface area contributed by atoms with Crippen LogP contribution in [0.15, 0.2) is 24.3 Å². The predicted octanol–water partition coefficient (Wildman–Crippen LogP) is 4.63. The quantitative estimate of drug-likeness (QED) is 0.757. The van der Waals surface area contributed by atoms with Crippen molar-refractivity contribution in [3.63, 3.8) is 0 Å². The highest BCUT2D eigenvalue weighted by molar-refractivity contribution is 5.31. The molecule has 1 atom stereocenters. The molecule has 1 aromatic carbocycles. The SMILES string of the molecule is CCC(C)(C)c1ccc(OCC(C)N2CCCCC2)cc1. The third-order valence-electron chi connectivity index (χ3n) is 5.02. The molecule has 21 heavy (non-hydrogen) atoms. The Morgan fingerprint density at radius 1 is 1.10 bits per heavy atom. The Kier molecular flexibility index (Phi) is 5.69. The minimum Gasteiger partial charge on any atom is -0.492 e. The summed E-state index contributed by atoms with van der Waals surface area (Å²) in [6.07, 6.45) is 5.22. The van der Waals surface area contributed by atoms with E-state index in [-0.39, 0.29) is 5.41 Å². The number of piperidine rings is 1. The van der Waals surface area contributed by atoms with E-state index < -0.39 is 0 Å². The number of hydrogen-bond donors (Lipinski definition) is 0. The van der Waals surface area contributed by atoms with Gasteiger partial charge in [0.2, 0.25) is 0 Å². The van der Waals surface area contributed by atoms with Gasteiger partial charge in [0.15, 0.2) is 0 Å². The summed E-state index contributed by atoms with van der Waals surface area (Å²) >= 11 is 0. The van der Waals surface area contributed by atoms with Gasteiger partial charge in [0.05, 0.1) is 0 Å². The summed E-state index contributed by atoms with van der Waals surface area (Å²) < 4.78 is 5.98. The van der Waals surface area contributed by atoms with E-state index >= 15 is 0 Å². The van der Waals surface area contributed by atoms with E-state index in [4.69, 9.17) is 4.74 Å². The Morgan fingerprint density at radius 2 is 1.71 bits per heavy atom. The Bertz CT molecular complexity index is 418. The molecule has 1 aliphatic heterocycles. The van der Waals surface area contributed by atoms with Crippen molar-refractivity contribution in [2.75, 3.05) is 19.7 Å². The summed E-state index contributed by atoms with van der Waals surface area (Å²) in [7, 11) is 0. The van der Waals surface area contributed by atoms with Crippen LogP contribution in [0.25, 0.3) is 0 Å². The van der Waals surface area contributed by atoms with Crippen LogP contribution in [0, 0.1) is 0 Å². The lowest BCUT2D eigenvalue weighted by atomic mass is 9.82. The lowest BCUT2D eigenvalue weighted by molar-refractivity contribution is 0.125. The summed E-state index contributed by atoms with van der Waals surface area (Å²) in [6.45, 7) is 12.4. The van der Waals surface area contributed by atoms with Gasteiger partial charge in [0.1, 0.15) is 12.4 Å². The van der Waals surface area contributed by atoms with Crippen LogP contribution in [-0.4, -0.2) is 30.6 Å². The molecule has 2 heteroatoms.